The van der Waals surface area contributed by atoms with Crippen molar-refractivity contribution in [3.8, 4) is 0 Å². The van der Waals surface area contributed by atoms with Crippen LogP contribution in [0.4, 0.5) is 5.69 Å². The number of anilines is 1. The zero-order valence-electron chi connectivity index (χ0n) is 16.0. The highest BCUT2D eigenvalue weighted by Crippen LogP contribution is 2.13. The van der Waals surface area contributed by atoms with Crippen molar-refractivity contribution < 1.29 is 14.6 Å². The van der Waals surface area contributed by atoms with Crippen molar-refractivity contribution in [2.75, 3.05) is 23.8 Å². The van der Waals surface area contributed by atoms with Crippen molar-refractivity contribution in [3.63, 3.8) is 0 Å². The van der Waals surface area contributed by atoms with Crippen LogP contribution in [0.5, 0.6) is 0 Å². The maximum absolute atomic E-state index is 11.8. The van der Waals surface area contributed by atoms with Crippen molar-refractivity contribution in [3.05, 3.63) is 29.8 Å². The van der Waals surface area contributed by atoms with E-state index in [1.54, 1.807) is 19.1 Å². The van der Waals surface area contributed by atoms with E-state index in [0.29, 0.717) is 5.56 Å². The van der Waals surface area contributed by atoms with Gasteiger partial charge in [-0.3, -0.25) is 0 Å². The maximum atomic E-state index is 11.8. The van der Waals surface area contributed by atoms with Gasteiger partial charge in [-0.05, 0) is 44.0 Å². The van der Waals surface area contributed by atoms with E-state index >= 15 is 0 Å². The molecule has 0 aliphatic carbocycles. The molecule has 4 nitrogen and oxygen atoms in total. The molecule has 148 valence electrons. The van der Waals surface area contributed by atoms with Crippen LogP contribution in [0.15, 0.2) is 24.3 Å². The third-order valence-corrected chi connectivity index (χ3v) is 4.78. The molecule has 1 aromatic carbocycles. The van der Waals surface area contributed by atoms with Gasteiger partial charge >= 0.3 is 5.97 Å². The first kappa shape index (κ1) is 23.0. The molecule has 0 saturated carbocycles. The Morgan fingerprint density at radius 1 is 1.00 bits per heavy atom. The zero-order valence-corrected chi connectivity index (χ0v) is 17.6. The van der Waals surface area contributed by atoms with Gasteiger partial charge in [0.2, 0.25) is 0 Å². The number of halogens is 1. The Morgan fingerprint density at radius 2 is 1.54 bits per heavy atom. The summed E-state index contributed by atoms with van der Waals surface area (Å²) in [5, 5.41) is 13.7. The molecule has 0 bridgehead atoms. The van der Waals surface area contributed by atoms with Gasteiger partial charge in [0.15, 0.2) is 0 Å². The molecular formula is C21H34BrNO3. The lowest BCUT2D eigenvalue weighted by Gasteiger charge is -2.09. The minimum absolute atomic E-state index is 0.0235. The fourth-order valence-corrected chi connectivity index (χ4v) is 3.09. The summed E-state index contributed by atoms with van der Waals surface area (Å²) in [5.41, 5.74) is 1.52. The van der Waals surface area contributed by atoms with Crippen LogP contribution in [0.3, 0.4) is 0 Å². The second kappa shape index (κ2) is 15.0. The largest absolute Gasteiger partial charge is 0.459 e. The highest BCUT2D eigenvalue weighted by atomic mass is 79.9. The first-order valence-electron chi connectivity index (χ1n) is 9.88. The predicted octanol–water partition coefficient (Wildman–Crippen LogP) is 5.54. The zero-order chi connectivity index (χ0) is 19.0. The van der Waals surface area contributed by atoms with Crippen LogP contribution in [0.25, 0.3) is 0 Å². The van der Waals surface area contributed by atoms with E-state index in [4.69, 9.17) is 9.84 Å². The van der Waals surface area contributed by atoms with Crippen LogP contribution < -0.4 is 5.32 Å². The molecule has 1 rings (SSSR count). The summed E-state index contributed by atoms with van der Waals surface area (Å²) >= 11 is 3.47. The normalized spacial score (nSPS) is 12.0. The summed E-state index contributed by atoms with van der Waals surface area (Å²) in [7, 11) is 0. The van der Waals surface area contributed by atoms with Crippen LogP contribution in [0.2, 0.25) is 0 Å². The first-order valence-corrected chi connectivity index (χ1v) is 11.0. The predicted molar refractivity (Wildman–Crippen MR) is 112 cm³/mol. The lowest BCUT2D eigenvalue weighted by Crippen LogP contribution is -2.15. The van der Waals surface area contributed by atoms with Gasteiger partial charge < -0.3 is 15.2 Å². The molecule has 1 atom stereocenters. The number of hydrogen-bond donors (Lipinski definition) is 2. The molecule has 0 saturated heterocycles. The number of unbranched alkanes of at least 4 members (excludes halogenated alkanes) is 8. The molecule has 0 aromatic heterocycles. The second-order valence-corrected chi connectivity index (χ2v) is 7.62. The molecule has 0 heterocycles. The average Bonchev–Trinajstić information content (AvgIpc) is 2.64. The van der Waals surface area contributed by atoms with Crippen LogP contribution in [-0.4, -0.2) is 35.7 Å². The Morgan fingerprint density at radius 3 is 2.08 bits per heavy atom. The Hall–Kier alpha value is -1.07. The standard InChI is InChI=1S/C21H34BrNO3/c1-18(24)17-26-21(25)19-11-13-20(14-12-19)23-16-10-8-6-4-2-3-5-7-9-15-22/h11-14,18,23-24H,2-10,15-17H2,1H3. The number of ether oxygens (including phenoxy) is 1. The van der Waals surface area contributed by atoms with Gasteiger partial charge in [0.05, 0.1) is 11.7 Å². The van der Waals surface area contributed by atoms with E-state index in [2.05, 4.69) is 21.2 Å². The number of aliphatic hydroxyl groups excluding tert-OH is 1. The van der Waals surface area contributed by atoms with E-state index in [1.165, 1.54) is 57.8 Å². The first-order chi connectivity index (χ1) is 12.6. The fraction of sp³-hybridized carbons (Fsp3) is 0.667. The number of esters is 1. The Kier molecular flexibility index (Phi) is 13.3. The van der Waals surface area contributed by atoms with Gasteiger partial charge in [-0.25, -0.2) is 4.79 Å². The van der Waals surface area contributed by atoms with Gasteiger partial charge in [-0.1, -0.05) is 60.9 Å². The number of carbonyl (C=O) groups is 1. The summed E-state index contributed by atoms with van der Waals surface area (Å²) in [6.45, 7) is 2.57. The molecular weight excluding hydrogens is 394 g/mol. The summed E-state index contributed by atoms with van der Waals surface area (Å²) in [6, 6.07) is 7.29. The molecule has 0 radical (unpaired) electrons. The van der Waals surface area contributed by atoms with Crippen LogP contribution >= 0.6 is 15.9 Å². The van der Waals surface area contributed by atoms with Crippen LogP contribution in [0.1, 0.15) is 75.1 Å². The van der Waals surface area contributed by atoms with Gasteiger partial charge in [0.25, 0.3) is 0 Å². The minimum atomic E-state index is -0.640. The maximum Gasteiger partial charge on any atom is 0.338 e. The van der Waals surface area contributed by atoms with Crippen molar-refractivity contribution in [2.45, 2.75) is 70.8 Å². The molecule has 26 heavy (non-hydrogen) atoms. The molecule has 0 amide bonds. The van der Waals surface area contributed by atoms with Crippen molar-refractivity contribution in [1.29, 1.82) is 0 Å². The molecule has 2 N–H and O–H groups in total. The third-order valence-electron chi connectivity index (χ3n) is 4.22. The Labute approximate surface area is 166 Å². The van der Waals surface area contributed by atoms with Crippen LogP contribution in [0, 0.1) is 0 Å². The number of benzene rings is 1. The highest BCUT2D eigenvalue weighted by Gasteiger charge is 2.08. The van der Waals surface area contributed by atoms with Gasteiger partial charge in [0, 0.05) is 17.6 Å². The minimum Gasteiger partial charge on any atom is -0.459 e. The number of hydrogen-bond acceptors (Lipinski definition) is 4. The van der Waals surface area contributed by atoms with Crippen LogP contribution in [-0.2, 0) is 4.74 Å². The van der Waals surface area contributed by atoms with Gasteiger partial charge in [0.1, 0.15) is 6.61 Å². The molecule has 5 heteroatoms. The van der Waals surface area contributed by atoms with Gasteiger partial charge in [-0.15, -0.1) is 0 Å². The summed E-state index contributed by atoms with van der Waals surface area (Å²) in [4.78, 5) is 11.8. The molecule has 1 aromatic rings. The van der Waals surface area contributed by atoms with Crippen molar-refractivity contribution in [2.24, 2.45) is 0 Å². The number of carbonyl (C=O) groups excluding carboxylic acids is 1. The van der Waals surface area contributed by atoms with Gasteiger partial charge in [-0.2, -0.15) is 0 Å². The Bertz CT molecular complexity index is 477. The van der Waals surface area contributed by atoms with Crippen molar-refractivity contribution >= 4 is 27.6 Å². The van der Waals surface area contributed by atoms with E-state index in [-0.39, 0.29) is 6.61 Å². The lowest BCUT2D eigenvalue weighted by atomic mass is 10.1. The molecule has 0 spiro atoms. The summed E-state index contributed by atoms with van der Waals surface area (Å²) in [6.07, 6.45) is 11.2. The average molecular weight is 428 g/mol. The fourth-order valence-electron chi connectivity index (χ4n) is 2.69. The quantitative estimate of drug-likeness (QED) is 0.219. The lowest BCUT2D eigenvalue weighted by molar-refractivity contribution is 0.0296. The van der Waals surface area contributed by atoms with E-state index in [1.807, 2.05) is 12.1 Å². The summed E-state index contributed by atoms with van der Waals surface area (Å²) < 4.78 is 4.99. The SMILES string of the molecule is CC(O)COC(=O)c1ccc(NCCCCCCCCCCCBr)cc1. The number of nitrogens with one attached hydrogen (secondary N) is 1. The smallest absolute Gasteiger partial charge is 0.338 e. The van der Waals surface area contributed by atoms with E-state index < -0.39 is 12.1 Å². The van der Waals surface area contributed by atoms with E-state index in [0.717, 1.165) is 17.6 Å². The highest BCUT2D eigenvalue weighted by molar-refractivity contribution is 9.09. The number of alkyl halides is 1. The Balaban J connectivity index is 2.05. The third kappa shape index (κ3) is 11.5. The number of aliphatic hydroxyl groups is 1. The molecule has 1 unspecified atom stereocenters. The monoisotopic (exact) mass is 427 g/mol. The number of rotatable bonds is 15. The van der Waals surface area contributed by atoms with Crippen molar-refractivity contribution in [1.82, 2.24) is 0 Å². The van der Waals surface area contributed by atoms with E-state index in [9.17, 15) is 4.79 Å². The topological polar surface area (TPSA) is 58.6 Å². The second-order valence-electron chi connectivity index (χ2n) is 6.82. The summed E-state index contributed by atoms with van der Waals surface area (Å²) in [5.74, 6) is -0.398. The molecule has 0 fully saturated rings. The molecule has 0 aliphatic rings. The molecule has 0 aliphatic heterocycles.